The van der Waals surface area contributed by atoms with Crippen LogP contribution in [0, 0.1) is 0 Å². The number of nitrogens with one attached hydrogen (secondary N) is 2. The third-order valence-corrected chi connectivity index (χ3v) is 6.34. The van der Waals surface area contributed by atoms with Crippen LogP contribution < -0.4 is 10.6 Å². The summed E-state index contributed by atoms with van der Waals surface area (Å²) < 4.78 is 31.9. The molecule has 2 aromatic rings. The number of ether oxygens (including phenoxy) is 1. The predicted molar refractivity (Wildman–Crippen MR) is 122 cm³/mol. The topological polar surface area (TPSA) is 105 Å². The lowest BCUT2D eigenvalue weighted by molar-refractivity contribution is -0.139. The highest BCUT2D eigenvalue weighted by Crippen LogP contribution is 2.44. The molecule has 0 saturated carbocycles. The lowest BCUT2D eigenvalue weighted by atomic mass is 9.91. The van der Waals surface area contributed by atoms with E-state index < -0.39 is 42.4 Å². The number of hydrogen-bond donors (Lipinski definition) is 3. The summed E-state index contributed by atoms with van der Waals surface area (Å²) >= 11 is 0. The average Bonchev–Trinajstić information content (AvgIpc) is 3.14. The molecule has 0 spiro atoms. The van der Waals surface area contributed by atoms with Gasteiger partial charge in [0.1, 0.15) is 18.2 Å². The van der Waals surface area contributed by atoms with Gasteiger partial charge in [0, 0.05) is 5.92 Å². The van der Waals surface area contributed by atoms with Gasteiger partial charge in [0.2, 0.25) is 5.91 Å². The number of aliphatic carboxylic acids is 1. The van der Waals surface area contributed by atoms with Crippen molar-refractivity contribution in [1.29, 1.82) is 0 Å². The number of alkyl carbamates (subject to hydrolysis) is 1. The van der Waals surface area contributed by atoms with Crippen molar-refractivity contribution in [2.24, 2.45) is 0 Å². The molecule has 0 aromatic heterocycles. The van der Waals surface area contributed by atoms with Crippen molar-refractivity contribution < 1.29 is 33.0 Å². The maximum absolute atomic E-state index is 13.2. The molecule has 2 aromatic carbocycles. The van der Waals surface area contributed by atoms with Crippen LogP contribution in [0.15, 0.2) is 48.5 Å². The Kier molecular flexibility index (Phi) is 7.86. The van der Waals surface area contributed by atoms with Gasteiger partial charge in [-0.2, -0.15) is 0 Å². The number of carbonyl (C=O) groups excluding carboxylic acids is 2. The van der Waals surface area contributed by atoms with Crippen LogP contribution in [0.3, 0.4) is 0 Å². The molecule has 1 atom stereocenters. The quantitative estimate of drug-likeness (QED) is 0.476. The molecule has 7 nitrogen and oxygen atoms in total. The molecule has 0 heterocycles. The molecule has 182 valence electrons. The second-order valence-corrected chi connectivity index (χ2v) is 8.25. The molecule has 1 aliphatic carbocycles. The fourth-order valence-corrected chi connectivity index (χ4v) is 4.33. The summed E-state index contributed by atoms with van der Waals surface area (Å²) in [7, 11) is 0. The Morgan fingerprint density at radius 1 is 1.00 bits per heavy atom. The van der Waals surface area contributed by atoms with E-state index in [1.165, 1.54) is 0 Å². The van der Waals surface area contributed by atoms with Crippen molar-refractivity contribution in [3.8, 4) is 11.1 Å². The number of fused-ring (bicyclic) bond motifs is 3. The van der Waals surface area contributed by atoms with Gasteiger partial charge in [0.15, 0.2) is 0 Å². The normalized spacial score (nSPS) is 13.7. The summed E-state index contributed by atoms with van der Waals surface area (Å²) in [5.74, 6) is -2.52. The highest BCUT2D eigenvalue weighted by molar-refractivity contribution is 5.90. The van der Waals surface area contributed by atoms with E-state index in [1.54, 1.807) is 13.8 Å². The van der Waals surface area contributed by atoms with Gasteiger partial charge in [0.05, 0.1) is 6.42 Å². The maximum Gasteiger partial charge on any atom is 0.408 e. The van der Waals surface area contributed by atoms with Crippen molar-refractivity contribution >= 4 is 18.0 Å². The molecule has 3 N–H and O–H groups in total. The van der Waals surface area contributed by atoms with Gasteiger partial charge in [0.25, 0.3) is 6.43 Å². The lowest BCUT2D eigenvalue weighted by Gasteiger charge is -2.32. The molecular formula is C25H28F2N2O5. The average molecular weight is 475 g/mol. The van der Waals surface area contributed by atoms with E-state index in [0.717, 1.165) is 22.3 Å². The minimum absolute atomic E-state index is 0.0314. The Bertz CT molecular complexity index is 1010. The van der Waals surface area contributed by atoms with Crippen LogP contribution in [-0.4, -0.2) is 47.7 Å². The Balaban J connectivity index is 1.71. The number of amides is 2. The molecule has 0 radical (unpaired) electrons. The van der Waals surface area contributed by atoms with Gasteiger partial charge in [-0.05, 0) is 35.1 Å². The van der Waals surface area contributed by atoms with Crippen LogP contribution >= 0.6 is 0 Å². The molecule has 2 amide bonds. The highest BCUT2D eigenvalue weighted by Gasteiger charge is 2.40. The number of halogens is 2. The molecule has 3 rings (SSSR count). The SMILES string of the molecule is CCC(CC)(NC(=O)OCC1c2ccccc2-c2ccccc21)C(=O)NC(CC(=O)O)C(F)F. The largest absolute Gasteiger partial charge is 0.481 e. The van der Waals surface area contributed by atoms with Crippen LogP contribution in [-0.2, 0) is 14.3 Å². The van der Waals surface area contributed by atoms with Crippen LogP contribution in [0.5, 0.6) is 0 Å². The number of carboxylic acid groups (broad SMARTS) is 1. The second kappa shape index (κ2) is 10.6. The molecule has 0 aliphatic heterocycles. The smallest absolute Gasteiger partial charge is 0.408 e. The van der Waals surface area contributed by atoms with Gasteiger partial charge in [-0.25, -0.2) is 13.6 Å². The number of benzene rings is 2. The van der Waals surface area contributed by atoms with E-state index in [4.69, 9.17) is 9.84 Å². The first-order chi connectivity index (χ1) is 16.2. The Labute approximate surface area is 196 Å². The number of carbonyl (C=O) groups is 3. The fraction of sp³-hybridized carbons (Fsp3) is 0.400. The zero-order valence-corrected chi connectivity index (χ0v) is 19.0. The van der Waals surface area contributed by atoms with Crippen LogP contribution in [0.2, 0.25) is 0 Å². The lowest BCUT2D eigenvalue weighted by Crippen LogP contribution is -2.60. The van der Waals surface area contributed by atoms with Gasteiger partial charge in [-0.3, -0.25) is 9.59 Å². The first kappa shape index (κ1) is 25.1. The summed E-state index contributed by atoms with van der Waals surface area (Å²) in [5.41, 5.74) is 2.67. The minimum Gasteiger partial charge on any atom is -0.481 e. The van der Waals surface area contributed by atoms with E-state index >= 15 is 0 Å². The Morgan fingerprint density at radius 3 is 2.00 bits per heavy atom. The summed E-state index contributed by atoms with van der Waals surface area (Å²) in [6, 6.07) is 13.8. The highest BCUT2D eigenvalue weighted by atomic mass is 19.3. The zero-order valence-electron chi connectivity index (χ0n) is 19.0. The molecule has 0 saturated heterocycles. The Hall–Kier alpha value is -3.49. The molecular weight excluding hydrogens is 446 g/mol. The summed E-state index contributed by atoms with van der Waals surface area (Å²) in [4.78, 5) is 36.4. The second-order valence-electron chi connectivity index (χ2n) is 8.25. The van der Waals surface area contributed by atoms with E-state index in [9.17, 15) is 23.2 Å². The van der Waals surface area contributed by atoms with Crippen molar-refractivity contribution in [3.05, 3.63) is 59.7 Å². The maximum atomic E-state index is 13.2. The van der Waals surface area contributed by atoms with E-state index in [0.29, 0.717) is 0 Å². The Morgan fingerprint density at radius 2 is 1.53 bits per heavy atom. The standard InChI is InChI=1S/C25H28F2N2O5/c1-3-25(4-2,23(32)28-20(22(26)27)13-21(30)31)29-24(33)34-14-19-17-11-7-5-9-15(17)16-10-6-8-12-18(16)19/h5-12,19-20,22H,3-4,13-14H2,1-2H3,(H,28,32)(H,29,33)(H,30,31). The molecule has 1 unspecified atom stereocenters. The van der Waals surface area contributed by atoms with Crippen molar-refractivity contribution in [1.82, 2.24) is 10.6 Å². The van der Waals surface area contributed by atoms with Gasteiger partial charge < -0.3 is 20.5 Å². The number of rotatable bonds is 10. The zero-order chi connectivity index (χ0) is 24.9. The van der Waals surface area contributed by atoms with E-state index in [2.05, 4.69) is 10.6 Å². The molecule has 34 heavy (non-hydrogen) atoms. The molecule has 1 aliphatic rings. The predicted octanol–water partition coefficient (Wildman–Crippen LogP) is 4.31. The monoisotopic (exact) mass is 474 g/mol. The van der Waals surface area contributed by atoms with Crippen LogP contribution in [0.25, 0.3) is 11.1 Å². The van der Waals surface area contributed by atoms with Crippen molar-refractivity contribution in [2.45, 2.75) is 57.0 Å². The first-order valence-electron chi connectivity index (χ1n) is 11.2. The third kappa shape index (κ3) is 5.18. The van der Waals surface area contributed by atoms with Gasteiger partial charge in [-0.1, -0.05) is 62.4 Å². The fourth-order valence-electron chi connectivity index (χ4n) is 4.33. The number of hydrogen-bond acceptors (Lipinski definition) is 4. The summed E-state index contributed by atoms with van der Waals surface area (Å²) in [6.07, 6.45) is -4.66. The van der Waals surface area contributed by atoms with Crippen LogP contribution in [0.1, 0.15) is 50.2 Å². The van der Waals surface area contributed by atoms with E-state index in [1.807, 2.05) is 48.5 Å². The third-order valence-electron chi connectivity index (χ3n) is 6.34. The molecule has 0 fully saturated rings. The number of carboxylic acids is 1. The van der Waals surface area contributed by atoms with Gasteiger partial charge >= 0.3 is 12.1 Å². The van der Waals surface area contributed by atoms with Crippen molar-refractivity contribution in [2.75, 3.05) is 6.61 Å². The van der Waals surface area contributed by atoms with Crippen LogP contribution in [0.4, 0.5) is 13.6 Å². The number of alkyl halides is 2. The summed E-state index contributed by atoms with van der Waals surface area (Å²) in [5, 5.41) is 13.5. The van der Waals surface area contributed by atoms with Gasteiger partial charge in [-0.15, -0.1) is 0 Å². The van der Waals surface area contributed by atoms with E-state index in [-0.39, 0.29) is 25.4 Å². The first-order valence-corrected chi connectivity index (χ1v) is 11.2. The minimum atomic E-state index is -3.07. The molecule has 0 bridgehead atoms. The van der Waals surface area contributed by atoms with Crippen molar-refractivity contribution in [3.63, 3.8) is 0 Å². The molecule has 9 heteroatoms. The summed E-state index contributed by atoms with van der Waals surface area (Å²) in [6.45, 7) is 3.28.